The quantitative estimate of drug-likeness (QED) is 0.481. The van der Waals surface area contributed by atoms with Crippen molar-refractivity contribution in [3.63, 3.8) is 0 Å². The highest BCUT2D eigenvalue weighted by molar-refractivity contribution is 9.10. The molecule has 2 heterocycles. The van der Waals surface area contributed by atoms with Gasteiger partial charge in [0.15, 0.2) is 5.78 Å². The van der Waals surface area contributed by atoms with Crippen molar-refractivity contribution in [2.45, 2.75) is 58.8 Å². The molecule has 2 N–H and O–H groups in total. The number of nitriles is 1. The number of aryl methyl sites for hydroxylation is 1. The molecule has 0 bridgehead atoms. The summed E-state index contributed by atoms with van der Waals surface area (Å²) in [5.41, 5.74) is 9.51. The Morgan fingerprint density at radius 2 is 2.06 bits per heavy atom. The number of unbranched alkanes of at least 4 members (excludes halogenated alkanes) is 1. The summed E-state index contributed by atoms with van der Waals surface area (Å²) < 4.78 is 0.922. The maximum absolute atomic E-state index is 13.6. The first-order valence-corrected chi connectivity index (χ1v) is 12.7. The largest absolute Gasteiger partial charge is 0.384 e. The highest BCUT2D eigenvalue weighted by Crippen LogP contribution is 2.51. The minimum absolute atomic E-state index is 0.116. The standard InChI is InChI=1S/C26H28BrN3OS/c1-4-5-9-18-10-11-22(32-18)23-19(15-28)25(29)30(17-8-6-7-16(27)12-17)20-13-26(2,3)14-21(31)24(20)23/h6-8,10-12,23H,4-5,9,13-14,29H2,1-3H3. The van der Waals surface area contributed by atoms with Crippen LogP contribution < -0.4 is 10.6 Å². The lowest BCUT2D eigenvalue weighted by atomic mass is 9.69. The number of thiophene rings is 1. The molecule has 4 nitrogen and oxygen atoms in total. The number of benzene rings is 1. The Labute approximate surface area is 202 Å². The smallest absolute Gasteiger partial charge is 0.162 e. The van der Waals surface area contributed by atoms with Crippen LogP contribution in [0.2, 0.25) is 0 Å². The predicted octanol–water partition coefficient (Wildman–Crippen LogP) is 6.79. The van der Waals surface area contributed by atoms with Crippen LogP contribution in [0.3, 0.4) is 0 Å². The van der Waals surface area contributed by atoms with E-state index in [1.165, 1.54) is 4.88 Å². The molecule has 166 valence electrons. The summed E-state index contributed by atoms with van der Waals surface area (Å²) >= 11 is 5.25. The molecule has 1 aromatic heterocycles. The zero-order chi connectivity index (χ0) is 23.0. The van der Waals surface area contributed by atoms with Gasteiger partial charge in [-0.1, -0.05) is 49.2 Å². The Balaban J connectivity index is 1.91. The van der Waals surface area contributed by atoms with Gasteiger partial charge in [0, 0.05) is 37.6 Å². The van der Waals surface area contributed by atoms with Crippen LogP contribution in [0.1, 0.15) is 62.1 Å². The van der Waals surface area contributed by atoms with Gasteiger partial charge in [-0.25, -0.2) is 0 Å². The Morgan fingerprint density at radius 1 is 1.28 bits per heavy atom. The molecule has 1 aromatic carbocycles. The van der Waals surface area contributed by atoms with E-state index < -0.39 is 0 Å². The fourth-order valence-corrected chi connectivity index (χ4v) is 6.30. The molecule has 1 atom stereocenters. The maximum atomic E-state index is 13.6. The van der Waals surface area contributed by atoms with E-state index in [2.05, 4.69) is 54.9 Å². The molecule has 32 heavy (non-hydrogen) atoms. The zero-order valence-electron chi connectivity index (χ0n) is 18.7. The summed E-state index contributed by atoms with van der Waals surface area (Å²) in [5, 5.41) is 10.2. The number of hydrogen-bond donors (Lipinski definition) is 1. The van der Waals surface area contributed by atoms with Crippen molar-refractivity contribution >= 4 is 38.7 Å². The normalized spacial score (nSPS) is 20.4. The van der Waals surface area contributed by atoms with Crippen LogP contribution in [0, 0.1) is 16.7 Å². The summed E-state index contributed by atoms with van der Waals surface area (Å²) in [6.07, 6.45) is 4.49. The Morgan fingerprint density at radius 3 is 2.75 bits per heavy atom. The van der Waals surface area contributed by atoms with Gasteiger partial charge in [0.2, 0.25) is 0 Å². The lowest BCUT2D eigenvalue weighted by Crippen LogP contribution is -2.42. The van der Waals surface area contributed by atoms with Gasteiger partial charge in [-0.15, -0.1) is 11.3 Å². The number of carbonyl (C=O) groups excluding carboxylic acids is 1. The van der Waals surface area contributed by atoms with Crippen LogP contribution in [0.4, 0.5) is 5.69 Å². The molecule has 4 rings (SSSR count). The number of allylic oxidation sites excluding steroid dienone is 3. The highest BCUT2D eigenvalue weighted by atomic mass is 79.9. The van der Waals surface area contributed by atoms with Crippen LogP contribution >= 0.6 is 27.3 Å². The number of anilines is 1. The van der Waals surface area contributed by atoms with Gasteiger partial charge in [0.25, 0.3) is 0 Å². The molecule has 0 amide bonds. The van der Waals surface area contributed by atoms with Crippen molar-refractivity contribution in [3.05, 3.63) is 73.3 Å². The third kappa shape index (κ3) is 4.16. The van der Waals surface area contributed by atoms with Crippen LogP contribution in [0.15, 0.2) is 63.5 Å². The predicted molar refractivity (Wildman–Crippen MR) is 134 cm³/mol. The third-order valence-corrected chi connectivity index (χ3v) is 7.89. The molecule has 0 radical (unpaired) electrons. The summed E-state index contributed by atoms with van der Waals surface area (Å²) in [5.74, 6) is 0.149. The first-order chi connectivity index (χ1) is 15.3. The second-order valence-corrected chi connectivity index (χ2v) is 11.5. The summed E-state index contributed by atoms with van der Waals surface area (Å²) in [4.78, 5) is 17.8. The minimum Gasteiger partial charge on any atom is -0.384 e. The van der Waals surface area contributed by atoms with E-state index >= 15 is 0 Å². The van der Waals surface area contributed by atoms with E-state index in [9.17, 15) is 10.1 Å². The Bertz CT molecular complexity index is 1170. The highest BCUT2D eigenvalue weighted by Gasteiger charge is 2.45. The van der Waals surface area contributed by atoms with Gasteiger partial charge in [0.1, 0.15) is 5.82 Å². The molecule has 1 unspecified atom stereocenters. The second kappa shape index (κ2) is 8.88. The molecular weight excluding hydrogens is 482 g/mol. The van der Waals surface area contributed by atoms with Gasteiger partial charge in [-0.2, -0.15) is 5.26 Å². The van der Waals surface area contributed by atoms with E-state index in [-0.39, 0.29) is 17.1 Å². The van der Waals surface area contributed by atoms with Crippen molar-refractivity contribution in [1.29, 1.82) is 5.26 Å². The summed E-state index contributed by atoms with van der Waals surface area (Å²) in [7, 11) is 0. The lowest BCUT2D eigenvalue weighted by molar-refractivity contribution is -0.118. The number of rotatable bonds is 5. The van der Waals surface area contributed by atoms with E-state index in [4.69, 9.17) is 5.73 Å². The van der Waals surface area contributed by atoms with E-state index in [1.54, 1.807) is 11.3 Å². The first kappa shape index (κ1) is 22.8. The molecule has 1 aliphatic carbocycles. The van der Waals surface area contributed by atoms with Crippen LogP contribution in [-0.2, 0) is 11.2 Å². The number of carbonyl (C=O) groups is 1. The Kier molecular flexibility index (Phi) is 6.33. The summed E-state index contributed by atoms with van der Waals surface area (Å²) in [6, 6.07) is 14.4. The van der Waals surface area contributed by atoms with Crippen molar-refractivity contribution in [2.24, 2.45) is 11.1 Å². The monoisotopic (exact) mass is 509 g/mol. The molecule has 2 aromatic rings. The molecule has 0 saturated heterocycles. The molecule has 0 spiro atoms. The van der Waals surface area contributed by atoms with E-state index in [1.807, 2.05) is 29.2 Å². The number of hydrogen-bond acceptors (Lipinski definition) is 5. The summed E-state index contributed by atoms with van der Waals surface area (Å²) in [6.45, 7) is 6.43. The first-order valence-electron chi connectivity index (χ1n) is 11.1. The van der Waals surface area contributed by atoms with Crippen LogP contribution in [-0.4, -0.2) is 5.78 Å². The SMILES string of the molecule is CCCCc1ccc(C2C(C#N)=C(N)N(c3cccc(Br)c3)C3=C2C(=O)CC(C)(C)C3)s1. The molecule has 2 aliphatic rings. The topological polar surface area (TPSA) is 70.1 Å². The van der Waals surface area contributed by atoms with Gasteiger partial charge < -0.3 is 5.73 Å². The molecule has 6 heteroatoms. The molecule has 1 aliphatic heterocycles. The minimum atomic E-state index is -0.387. The average molecular weight is 511 g/mol. The van der Waals surface area contributed by atoms with Crippen molar-refractivity contribution in [1.82, 2.24) is 0 Å². The van der Waals surface area contributed by atoms with Gasteiger partial charge in [-0.3, -0.25) is 9.69 Å². The maximum Gasteiger partial charge on any atom is 0.162 e. The lowest BCUT2D eigenvalue weighted by Gasteiger charge is -2.43. The fourth-order valence-electron chi connectivity index (χ4n) is 4.74. The molecular formula is C26H28BrN3OS. The number of nitrogens with two attached hydrogens (primary N) is 1. The van der Waals surface area contributed by atoms with Crippen molar-refractivity contribution in [2.75, 3.05) is 4.90 Å². The number of nitrogens with zero attached hydrogens (tertiary/aromatic N) is 2. The number of Topliss-reactive ketones (excluding diaryl/α,β-unsaturated/α-hetero) is 1. The third-order valence-electron chi connectivity index (χ3n) is 6.19. The average Bonchev–Trinajstić information content (AvgIpc) is 3.19. The number of halogens is 1. The second-order valence-electron chi connectivity index (χ2n) is 9.37. The van der Waals surface area contributed by atoms with Gasteiger partial charge in [0.05, 0.1) is 17.6 Å². The molecule has 0 saturated carbocycles. The van der Waals surface area contributed by atoms with Gasteiger partial charge >= 0.3 is 0 Å². The zero-order valence-corrected chi connectivity index (χ0v) is 21.1. The van der Waals surface area contributed by atoms with Gasteiger partial charge in [-0.05, 0) is 55.0 Å². The molecule has 0 fully saturated rings. The Hall–Kier alpha value is -2.36. The number of ketones is 1. The van der Waals surface area contributed by atoms with E-state index in [0.29, 0.717) is 17.8 Å². The van der Waals surface area contributed by atoms with Crippen molar-refractivity contribution in [3.8, 4) is 6.07 Å². The van der Waals surface area contributed by atoms with Crippen molar-refractivity contribution < 1.29 is 4.79 Å². The van der Waals surface area contributed by atoms with E-state index in [0.717, 1.165) is 52.0 Å². The van der Waals surface area contributed by atoms with Crippen LogP contribution in [0.25, 0.3) is 0 Å². The van der Waals surface area contributed by atoms with Crippen LogP contribution in [0.5, 0.6) is 0 Å². The fraction of sp³-hybridized carbons (Fsp3) is 0.385.